The number of methoxy groups -OCH3 is 1. The Balaban J connectivity index is 2.12. The van der Waals surface area contributed by atoms with Gasteiger partial charge in [-0.25, -0.2) is 4.79 Å². The molecule has 1 aromatic carbocycles. The zero-order chi connectivity index (χ0) is 17.5. The highest BCUT2D eigenvalue weighted by Crippen LogP contribution is 2.25. The fourth-order valence-electron chi connectivity index (χ4n) is 1.92. The molecule has 0 radical (unpaired) electrons. The van der Waals surface area contributed by atoms with Gasteiger partial charge in [0, 0.05) is 6.54 Å². The van der Waals surface area contributed by atoms with Crippen molar-refractivity contribution in [3.63, 3.8) is 0 Å². The van der Waals surface area contributed by atoms with Crippen molar-refractivity contribution in [2.24, 2.45) is 5.92 Å². The van der Waals surface area contributed by atoms with Gasteiger partial charge >= 0.3 is 5.97 Å². The third-order valence-electron chi connectivity index (χ3n) is 3.22. The zero-order valence-corrected chi connectivity index (χ0v) is 14.6. The van der Waals surface area contributed by atoms with Crippen molar-refractivity contribution in [2.45, 2.75) is 20.3 Å². The Morgan fingerprint density at radius 3 is 2.88 bits per heavy atom. The molecule has 2 aromatic rings. The number of hydrogen-bond acceptors (Lipinski definition) is 7. The normalized spacial score (nSPS) is 10.5. The van der Waals surface area contributed by atoms with Crippen molar-refractivity contribution in [2.75, 3.05) is 24.3 Å². The van der Waals surface area contributed by atoms with E-state index >= 15 is 0 Å². The van der Waals surface area contributed by atoms with Crippen LogP contribution in [0.1, 0.15) is 30.6 Å². The summed E-state index contributed by atoms with van der Waals surface area (Å²) in [6, 6.07) is 4.77. The van der Waals surface area contributed by atoms with E-state index in [1.807, 2.05) is 0 Å². The van der Waals surface area contributed by atoms with E-state index in [1.165, 1.54) is 7.11 Å². The predicted molar refractivity (Wildman–Crippen MR) is 93.8 cm³/mol. The van der Waals surface area contributed by atoms with Crippen LogP contribution in [0.15, 0.2) is 24.4 Å². The quantitative estimate of drug-likeness (QED) is 0.739. The Kier molecular flexibility index (Phi) is 6.31. The summed E-state index contributed by atoms with van der Waals surface area (Å²) >= 11 is 6.15. The Morgan fingerprint density at radius 2 is 2.17 bits per heavy atom. The summed E-state index contributed by atoms with van der Waals surface area (Å²) in [6.07, 6.45) is 2.58. The first kappa shape index (κ1) is 17.9. The van der Waals surface area contributed by atoms with Crippen LogP contribution >= 0.6 is 11.6 Å². The maximum Gasteiger partial charge on any atom is 0.337 e. The first-order chi connectivity index (χ1) is 11.5. The van der Waals surface area contributed by atoms with Crippen LogP contribution in [0.3, 0.4) is 0 Å². The number of carbonyl (C=O) groups is 1. The molecule has 0 atom stereocenters. The van der Waals surface area contributed by atoms with Gasteiger partial charge in [0.25, 0.3) is 0 Å². The second-order valence-corrected chi connectivity index (χ2v) is 5.99. The van der Waals surface area contributed by atoms with Gasteiger partial charge in [0.15, 0.2) is 5.82 Å². The number of hydrogen-bond donors (Lipinski definition) is 2. The van der Waals surface area contributed by atoms with E-state index in [0.29, 0.717) is 28.0 Å². The number of halogens is 1. The molecule has 0 spiro atoms. The molecule has 0 aliphatic carbocycles. The summed E-state index contributed by atoms with van der Waals surface area (Å²) in [4.78, 5) is 15.9. The van der Waals surface area contributed by atoms with Crippen molar-refractivity contribution in [1.29, 1.82) is 0 Å². The molecule has 0 aliphatic rings. The van der Waals surface area contributed by atoms with Crippen molar-refractivity contribution < 1.29 is 9.53 Å². The summed E-state index contributed by atoms with van der Waals surface area (Å²) in [7, 11) is 1.32. The van der Waals surface area contributed by atoms with Crippen molar-refractivity contribution in [1.82, 2.24) is 15.2 Å². The highest BCUT2D eigenvalue weighted by molar-refractivity contribution is 6.33. The molecular formula is C16H20ClN5O2. The van der Waals surface area contributed by atoms with Crippen LogP contribution in [0.4, 0.5) is 17.5 Å². The minimum Gasteiger partial charge on any atom is -0.465 e. The minimum atomic E-state index is -0.446. The summed E-state index contributed by atoms with van der Waals surface area (Å²) in [6.45, 7) is 5.11. The second kappa shape index (κ2) is 8.44. The summed E-state index contributed by atoms with van der Waals surface area (Å²) in [5.41, 5.74) is 0.879. The number of ether oxygens (including phenoxy) is 1. The van der Waals surface area contributed by atoms with E-state index in [2.05, 4.69) is 39.7 Å². The standard InChI is InChI=1S/C16H20ClN5O2/c1-10(2)6-7-18-14-9-19-22-16(21-14)20-13-8-11(15(23)24-3)4-5-12(13)17/h4-5,8-10H,6-7H2,1-3H3,(H2,18,20,21,22). The molecule has 0 aliphatic heterocycles. The first-order valence-corrected chi connectivity index (χ1v) is 7.96. The van der Waals surface area contributed by atoms with Gasteiger partial charge in [-0.05, 0) is 30.5 Å². The molecule has 0 amide bonds. The highest BCUT2D eigenvalue weighted by atomic mass is 35.5. The molecule has 0 bridgehead atoms. The van der Waals surface area contributed by atoms with Gasteiger partial charge in [0.2, 0.25) is 5.95 Å². The lowest BCUT2D eigenvalue weighted by atomic mass is 10.1. The Labute approximate surface area is 145 Å². The van der Waals surface area contributed by atoms with E-state index in [4.69, 9.17) is 16.3 Å². The average molecular weight is 350 g/mol. The van der Waals surface area contributed by atoms with Crippen LogP contribution in [0.25, 0.3) is 0 Å². The average Bonchev–Trinajstić information content (AvgIpc) is 2.56. The number of esters is 1. The van der Waals surface area contributed by atoms with Gasteiger partial charge in [0.1, 0.15) is 0 Å². The van der Waals surface area contributed by atoms with Gasteiger partial charge in [-0.1, -0.05) is 25.4 Å². The fraction of sp³-hybridized carbons (Fsp3) is 0.375. The Morgan fingerprint density at radius 1 is 1.38 bits per heavy atom. The lowest BCUT2D eigenvalue weighted by Gasteiger charge is -2.10. The van der Waals surface area contributed by atoms with Crippen molar-refractivity contribution in [3.8, 4) is 0 Å². The molecule has 128 valence electrons. The summed E-state index contributed by atoms with van der Waals surface area (Å²) in [5.74, 6) is 1.06. The summed E-state index contributed by atoms with van der Waals surface area (Å²) in [5, 5.41) is 14.4. The smallest absolute Gasteiger partial charge is 0.337 e. The molecule has 0 saturated carbocycles. The van der Waals surface area contributed by atoms with E-state index in [0.717, 1.165) is 13.0 Å². The van der Waals surface area contributed by atoms with Gasteiger partial charge in [-0.3, -0.25) is 0 Å². The van der Waals surface area contributed by atoms with Gasteiger partial charge in [-0.2, -0.15) is 10.1 Å². The zero-order valence-electron chi connectivity index (χ0n) is 13.8. The van der Waals surface area contributed by atoms with E-state index in [-0.39, 0.29) is 5.95 Å². The molecule has 1 aromatic heterocycles. The topological polar surface area (TPSA) is 89.0 Å². The second-order valence-electron chi connectivity index (χ2n) is 5.59. The number of aromatic nitrogens is 3. The van der Waals surface area contributed by atoms with E-state index in [9.17, 15) is 4.79 Å². The highest BCUT2D eigenvalue weighted by Gasteiger charge is 2.10. The Hall–Kier alpha value is -2.41. The monoisotopic (exact) mass is 349 g/mol. The molecular weight excluding hydrogens is 330 g/mol. The maximum atomic E-state index is 11.6. The number of nitrogens with one attached hydrogen (secondary N) is 2. The third kappa shape index (κ3) is 5.06. The number of anilines is 3. The molecule has 2 N–H and O–H groups in total. The van der Waals surface area contributed by atoms with E-state index in [1.54, 1.807) is 24.4 Å². The molecule has 0 fully saturated rings. The Bertz CT molecular complexity index is 709. The molecule has 8 heteroatoms. The molecule has 7 nitrogen and oxygen atoms in total. The van der Waals surface area contributed by atoms with Crippen LogP contribution in [-0.2, 0) is 4.74 Å². The number of benzene rings is 1. The lowest BCUT2D eigenvalue weighted by molar-refractivity contribution is 0.0601. The van der Waals surface area contributed by atoms with Crippen LogP contribution in [-0.4, -0.2) is 34.8 Å². The van der Waals surface area contributed by atoms with E-state index < -0.39 is 5.97 Å². The van der Waals surface area contributed by atoms with Crippen molar-refractivity contribution >= 4 is 35.0 Å². The largest absolute Gasteiger partial charge is 0.465 e. The van der Waals surface area contributed by atoms with Crippen molar-refractivity contribution in [3.05, 3.63) is 35.0 Å². The van der Waals surface area contributed by atoms with Crippen LogP contribution < -0.4 is 10.6 Å². The molecule has 0 unspecified atom stereocenters. The maximum absolute atomic E-state index is 11.6. The molecule has 24 heavy (non-hydrogen) atoms. The van der Waals surface area contributed by atoms with Crippen LogP contribution in [0.5, 0.6) is 0 Å². The number of rotatable bonds is 7. The molecule has 1 heterocycles. The number of nitrogens with zero attached hydrogens (tertiary/aromatic N) is 3. The van der Waals surface area contributed by atoms with Crippen LogP contribution in [0, 0.1) is 5.92 Å². The molecule has 0 saturated heterocycles. The van der Waals surface area contributed by atoms with Gasteiger partial charge in [0.05, 0.1) is 29.6 Å². The minimum absolute atomic E-state index is 0.286. The van der Waals surface area contributed by atoms with Crippen LogP contribution in [0.2, 0.25) is 5.02 Å². The SMILES string of the molecule is COC(=O)c1ccc(Cl)c(Nc2nncc(NCCC(C)C)n2)c1. The summed E-state index contributed by atoms with van der Waals surface area (Å²) < 4.78 is 4.70. The number of carbonyl (C=O) groups excluding carboxylic acids is 1. The molecule has 2 rings (SSSR count). The third-order valence-corrected chi connectivity index (χ3v) is 3.55. The lowest BCUT2D eigenvalue weighted by Crippen LogP contribution is -2.09. The predicted octanol–water partition coefficient (Wildman–Crippen LogP) is 3.51. The van der Waals surface area contributed by atoms with Gasteiger partial charge in [-0.15, -0.1) is 5.10 Å². The fourth-order valence-corrected chi connectivity index (χ4v) is 2.08. The van der Waals surface area contributed by atoms with Gasteiger partial charge < -0.3 is 15.4 Å². The first-order valence-electron chi connectivity index (χ1n) is 7.58.